The van der Waals surface area contributed by atoms with Crippen molar-refractivity contribution in [3.8, 4) is 22.5 Å². The fourth-order valence-corrected chi connectivity index (χ4v) is 5.48. The van der Waals surface area contributed by atoms with Gasteiger partial charge in [0, 0.05) is 23.1 Å². The second-order valence-electron chi connectivity index (χ2n) is 10.00. The molecule has 2 N–H and O–H groups in total. The van der Waals surface area contributed by atoms with Gasteiger partial charge in [-0.15, -0.1) is 0 Å². The van der Waals surface area contributed by atoms with E-state index in [1.54, 1.807) is 0 Å². The minimum Gasteiger partial charge on any atom is -0.355 e. The Hall–Kier alpha value is -4.16. The third-order valence-electron chi connectivity index (χ3n) is 7.35. The Labute approximate surface area is 217 Å². The summed E-state index contributed by atoms with van der Waals surface area (Å²) >= 11 is 0. The van der Waals surface area contributed by atoms with Crippen molar-refractivity contribution in [2.24, 2.45) is 0 Å². The van der Waals surface area contributed by atoms with Crippen LogP contribution in [-0.4, -0.2) is 51.3 Å². The van der Waals surface area contributed by atoms with Gasteiger partial charge < -0.3 is 14.9 Å². The quantitative estimate of drug-likeness (QED) is 0.299. The second kappa shape index (κ2) is 9.71. The second-order valence-corrected chi connectivity index (χ2v) is 10.00. The van der Waals surface area contributed by atoms with E-state index in [4.69, 9.17) is 4.98 Å². The van der Waals surface area contributed by atoms with Gasteiger partial charge in [0.25, 0.3) is 0 Å². The number of likely N-dealkylation sites (N-methyl/N-ethyl adjacent to an activating group) is 1. The molecule has 1 fully saturated rings. The molecule has 2 atom stereocenters. The van der Waals surface area contributed by atoms with E-state index in [1.807, 2.05) is 66.5 Å². The molecule has 3 aromatic carbocycles. The zero-order valence-corrected chi connectivity index (χ0v) is 21.2. The molecule has 2 aromatic heterocycles. The lowest BCUT2D eigenvalue weighted by molar-refractivity contribution is -0.137. The number of carbonyl (C=O) groups excluding carboxylic acids is 1. The molecule has 6 rings (SSSR count). The first-order valence-electron chi connectivity index (χ1n) is 12.8. The third-order valence-corrected chi connectivity index (χ3v) is 7.35. The van der Waals surface area contributed by atoms with Gasteiger partial charge in [0.15, 0.2) is 0 Å². The topological polar surface area (TPSA) is 68.0 Å². The van der Waals surface area contributed by atoms with Crippen molar-refractivity contribution >= 4 is 16.8 Å². The van der Waals surface area contributed by atoms with Crippen LogP contribution < -0.4 is 0 Å². The van der Waals surface area contributed by atoms with Gasteiger partial charge in [0.1, 0.15) is 11.9 Å². The van der Waals surface area contributed by atoms with Crippen molar-refractivity contribution < 1.29 is 4.79 Å². The molecule has 37 heavy (non-hydrogen) atoms. The summed E-state index contributed by atoms with van der Waals surface area (Å²) in [5, 5.41) is 1.21. The molecule has 1 aliphatic heterocycles. The maximum absolute atomic E-state index is 13.7. The Morgan fingerprint density at radius 2 is 1.62 bits per heavy atom. The largest absolute Gasteiger partial charge is 0.355 e. The minimum atomic E-state index is -0.312. The van der Waals surface area contributed by atoms with E-state index in [0.29, 0.717) is 0 Å². The summed E-state index contributed by atoms with van der Waals surface area (Å²) in [5.74, 6) is 0.977. The van der Waals surface area contributed by atoms with E-state index < -0.39 is 0 Å². The average Bonchev–Trinajstić information content (AvgIpc) is 3.68. The number of amides is 1. The molecule has 0 saturated carbocycles. The number of imidazole rings is 1. The number of fused-ring (bicyclic) bond motifs is 1. The van der Waals surface area contributed by atoms with Crippen molar-refractivity contribution in [1.82, 2.24) is 24.8 Å². The van der Waals surface area contributed by atoms with Crippen LogP contribution >= 0.6 is 0 Å². The SMILES string of the molecule is CN(C)[C@@H](C(=O)N1CCC[C@H]1c1ncc(-c2ccc(-c3cc4ccccc4[nH]3)cc2)[nH]1)c1ccccc1. The number of hydrogen-bond donors (Lipinski definition) is 2. The lowest BCUT2D eigenvalue weighted by Crippen LogP contribution is -2.40. The van der Waals surface area contributed by atoms with Crippen molar-refractivity contribution in [2.45, 2.75) is 24.9 Å². The van der Waals surface area contributed by atoms with Crippen LogP contribution in [0.5, 0.6) is 0 Å². The smallest absolute Gasteiger partial charge is 0.245 e. The minimum absolute atomic E-state index is 0.0435. The molecule has 0 radical (unpaired) electrons. The molecule has 186 valence electrons. The number of carbonyl (C=O) groups is 1. The molecule has 6 nitrogen and oxygen atoms in total. The maximum Gasteiger partial charge on any atom is 0.245 e. The summed E-state index contributed by atoms with van der Waals surface area (Å²) < 4.78 is 0. The Kier molecular flexibility index (Phi) is 6.10. The normalized spacial score (nSPS) is 16.5. The van der Waals surface area contributed by atoms with Gasteiger partial charge in [-0.25, -0.2) is 4.98 Å². The predicted octanol–water partition coefficient (Wildman–Crippen LogP) is 6.19. The molecule has 1 saturated heterocycles. The molecule has 1 aliphatic rings. The predicted molar refractivity (Wildman–Crippen MR) is 148 cm³/mol. The fraction of sp³-hybridized carbons (Fsp3) is 0.226. The Bertz CT molecular complexity index is 1480. The van der Waals surface area contributed by atoms with Gasteiger partial charge in [0.2, 0.25) is 5.91 Å². The number of nitrogens with one attached hydrogen (secondary N) is 2. The lowest BCUT2D eigenvalue weighted by atomic mass is 10.0. The van der Waals surface area contributed by atoms with E-state index in [0.717, 1.165) is 58.8 Å². The summed E-state index contributed by atoms with van der Waals surface area (Å²) in [7, 11) is 3.93. The van der Waals surface area contributed by atoms with Gasteiger partial charge in [-0.1, -0.05) is 72.8 Å². The highest BCUT2D eigenvalue weighted by atomic mass is 16.2. The Morgan fingerprint density at radius 1 is 0.919 bits per heavy atom. The fourth-order valence-electron chi connectivity index (χ4n) is 5.48. The summed E-state index contributed by atoms with van der Waals surface area (Å²) in [6.07, 6.45) is 3.77. The molecule has 0 unspecified atom stereocenters. The molecule has 1 amide bonds. The highest BCUT2D eigenvalue weighted by Crippen LogP contribution is 2.35. The number of likely N-dealkylation sites (tertiary alicyclic amines) is 1. The van der Waals surface area contributed by atoms with E-state index >= 15 is 0 Å². The van der Waals surface area contributed by atoms with Crippen LogP contribution in [-0.2, 0) is 4.79 Å². The van der Waals surface area contributed by atoms with Crippen LogP contribution in [0.15, 0.2) is 91.1 Å². The Balaban J connectivity index is 1.22. The van der Waals surface area contributed by atoms with E-state index in [9.17, 15) is 4.79 Å². The number of para-hydroxylation sites is 1. The Morgan fingerprint density at radius 3 is 2.35 bits per heavy atom. The van der Waals surface area contributed by atoms with Gasteiger partial charge in [-0.2, -0.15) is 0 Å². The van der Waals surface area contributed by atoms with Gasteiger partial charge in [-0.05, 0) is 55.8 Å². The number of H-pyrrole nitrogens is 2. The summed E-state index contributed by atoms with van der Waals surface area (Å²) in [6.45, 7) is 0.746. The number of nitrogens with zero attached hydrogens (tertiary/aromatic N) is 3. The molecule has 3 heterocycles. The van der Waals surface area contributed by atoms with Gasteiger partial charge in [0.05, 0.1) is 17.9 Å². The zero-order valence-electron chi connectivity index (χ0n) is 21.2. The van der Waals surface area contributed by atoms with Crippen LogP contribution in [0.2, 0.25) is 0 Å². The maximum atomic E-state index is 13.7. The molecule has 6 heteroatoms. The van der Waals surface area contributed by atoms with Gasteiger partial charge >= 0.3 is 0 Å². The number of aromatic nitrogens is 3. The van der Waals surface area contributed by atoms with Crippen molar-refractivity contribution in [3.05, 3.63) is 103 Å². The number of aromatic amines is 2. The van der Waals surface area contributed by atoms with Gasteiger partial charge in [-0.3, -0.25) is 9.69 Å². The van der Waals surface area contributed by atoms with E-state index in [-0.39, 0.29) is 18.0 Å². The van der Waals surface area contributed by atoms with Crippen LogP contribution in [0.1, 0.15) is 36.3 Å². The number of benzene rings is 3. The van der Waals surface area contributed by atoms with E-state index in [1.165, 1.54) is 5.39 Å². The highest BCUT2D eigenvalue weighted by Gasteiger charge is 2.37. The average molecular weight is 490 g/mol. The first-order chi connectivity index (χ1) is 18.1. The first kappa shape index (κ1) is 23.3. The monoisotopic (exact) mass is 489 g/mol. The number of rotatable bonds is 6. The first-order valence-corrected chi connectivity index (χ1v) is 12.8. The summed E-state index contributed by atoms with van der Waals surface area (Å²) in [6, 6.07) is 28.7. The van der Waals surface area contributed by atoms with Crippen molar-refractivity contribution in [3.63, 3.8) is 0 Å². The lowest BCUT2D eigenvalue weighted by Gasteiger charge is -2.31. The van der Waals surface area contributed by atoms with Crippen LogP contribution in [0.4, 0.5) is 0 Å². The molecule has 0 spiro atoms. The van der Waals surface area contributed by atoms with Crippen LogP contribution in [0.3, 0.4) is 0 Å². The van der Waals surface area contributed by atoms with Crippen molar-refractivity contribution in [1.29, 1.82) is 0 Å². The standard InChI is InChI=1S/C31H31N5O/c1-35(2)29(23-9-4-3-5-10-23)31(37)36-18-8-13-28(36)30-32-20-27(34-30)22-16-14-21(15-17-22)26-19-24-11-6-7-12-25(24)33-26/h3-7,9-12,14-17,19-20,28-29,33H,8,13,18H2,1-2H3,(H,32,34)/t28-,29+/m0/s1. The third kappa shape index (κ3) is 4.45. The molecular formula is C31H31N5O. The summed E-state index contributed by atoms with van der Waals surface area (Å²) in [5.41, 5.74) is 6.43. The van der Waals surface area contributed by atoms with Crippen molar-refractivity contribution in [2.75, 3.05) is 20.6 Å². The molecular weight excluding hydrogens is 458 g/mol. The van der Waals surface area contributed by atoms with E-state index in [2.05, 4.69) is 58.5 Å². The molecule has 0 bridgehead atoms. The summed E-state index contributed by atoms with van der Waals surface area (Å²) in [4.78, 5) is 29.5. The number of hydrogen-bond acceptors (Lipinski definition) is 3. The van der Waals surface area contributed by atoms with Crippen LogP contribution in [0.25, 0.3) is 33.4 Å². The molecule has 0 aliphatic carbocycles. The highest BCUT2D eigenvalue weighted by molar-refractivity contribution is 5.86. The molecule has 5 aromatic rings. The zero-order chi connectivity index (χ0) is 25.4. The van der Waals surface area contributed by atoms with Crippen LogP contribution in [0, 0.1) is 0 Å².